The quantitative estimate of drug-likeness (QED) is 0.631. The van der Waals surface area contributed by atoms with Gasteiger partial charge in [0.05, 0.1) is 17.1 Å². The van der Waals surface area contributed by atoms with Crippen LogP contribution >= 0.6 is 0 Å². The molecule has 0 unspecified atom stereocenters. The van der Waals surface area contributed by atoms with Gasteiger partial charge in [0.15, 0.2) is 0 Å². The zero-order valence-corrected chi connectivity index (χ0v) is 14.3. The predicted molar refractivity (Wildman–Crippen MR) is 88.1 cm³/mol. The number of nitrogens with two attached hydrogens (primary N) is 1. The summed E-state index contributed by atoms with van der Waals surface area (Å²) in [7, 11) is -3.76. The van der Waals surface area contributed by atoms with Gasteiger partial charge in [-0.05, 0) is 37.7 Å². The van der Waals surface area contributed by atoms with Gasteiger partial charge in [-0.2, -0.15) is 0 Å². The lowest BCUT2D eigenvalue weighted by Gasteiger charge is -2.07. The predicted octanol–water partition coefficient (Wildman–Crippen LogP) is -0.226. The van der Waals surface area contributed by atoms with Gasteiger partial charge in [0, 0.05) is 6.54 Å². The zero-order valence-electron chi connectivity index (χ0n) is 13.5. The summed E-state index contributed by atoms with van der Waals surface area (Å²) in [6, 6.07) is 5.89. The topological polar surface area (TPSA) is 132 Å². The van der Waals surface area contributed by atoms with Crippen LogP contribution in [0.5, 0.6) is 0 Å². The fourth-order valence-corrected chi connectivity index (χ4v) is 2.53. The molecule has 0 aliphatic carbocycles. The number of hydrogen-bond acceptors (Lipinski definition) is 6. The van der Waals surface area contributed by atoms with Gasteiger partial charge in [-0.25, -0.2) is 23.2 Å². The Kier molecular flexibility index (Phi) is 5.65. The van der Waals surface area contributed by atoms with E-state index in [0.29, 0.717) is 24.6 Å². The smallest absolute Gasteiger partial charge is 0.290 e. The van der Waals surface area contributed by atoms with Crippen LogP contribution in [0.4, 0.5) is 0 Å². The minimum atomic E-state index is -3.76. The fraction of sp³-hybridized carbons (Fsp3) is 0.357. The maximum absolute atomic E-state index is 11.9. The number of rotatable bonds is 7. The molecule has 0 bridgehead atoms. The van der Waals surface area contributed by atoms with Crippen molar-refractivity contribution in [2.45, 2.75) is 25.3 Å². The Hall–Kier alpha value is -2.30. The van der Waals surface area contributed by atoms with E-state index < -0.39 is 10.0 Å². The lowest BCUT2D eigenvalue weighted by Crippen LogP contribution is -2.24. The average molecular weight is 352 g/mol. The van der Waals surface area contributed by atoms with Crippen LogP contribution in [0.1, 0.15) is 30.3 Å². The van der Waals surface area contributed by atoms with E-state index in [0.717, 1.165) is 6.54 Å². The van der Waals surface area contributed by atoms with Crippen molar-refractivity contribution in [3.8, 4) is 5.69 Å². The molecule has 4 N–H and O–H groups in total. The second kappa shape index (κ2) is 7.51. The van der Waals surface area contributed by atoms with E-state index in [1.807, 2.05) is 6.92 Å². The van der Waals surface area contributed by atoms with Gasteiger partial charge in [-0.1, -0.05) is 6.92 Å². The Morgan fingerprint density at radius 2 is 1.88 bits per heavy atom. The van der Waals surface area contributed by atoms with Gasteiger partial charge < -0.3 is 10.6 Å². The molecule has 1 aromatic heterocycles. The van der Waals surface area contributed by atoms with Crippen LogP contribution in [0.2, 0.25) is 0 Å². The number of nitrogens with zero attached hydrogens (tertiary/aromatic N) is 3. The van der Waals surface area contributed by atoms with E-state index in [4.69, 9.17) is 5.14 Å². The van der Waals surface area contributed by atoms with E-state index in [2.05, 4.69) is 20.7 Å². The van der Waals surface area contributed by atoms with Crippen molar-refractivity contribution in [1.29, 1.82) is 0 Å². The molecular formula is C14H20N6O3S. The second-order valence-electron chi connectivity index (χ2n) is 4.94. The van der Waals surface area contributed by atoms with Crippen molar-refractivity contribution in [3.63, 3.8) is 0 Å². The summed E-state index contributed by atoms with van der Waals surface area (Å²) in [5, 5.41) is 15.1. The maximum Gasteiger partial charge on any atom is 0.290 e. The molecule has 0 atom stereocenters. The first-order valence-corrected chi connectivity index (χ1v) is 8.99. The van der Waals surface area contributed by atoms with E-state index >= 15 is 0 Å². The number of hydrogen-bond donors (Lipinski definition) is 3. The van der Waals surface area contributed by atoms with Crippen molar-refractivity contribution in [3.05, 3.63) is 35.9 Å². The van der Waals surface area contributed by atoms with Crippen LogP contribution in [0.3, 0.4) is 0 Å². The van der Waals surface area contributed by atoms with Gasteiger partial charge in [-0.15, -0.1) is 5.10 Å². The molecule has 0 aliphatic rings. The van der Waals surface area contributed by atoms with Gasteiger partial charge in [0.2, 0.25) is 15.8 Å². The van der Waals surface area contributed by atoms with Crippen LogP contribution in [0.25, 0.3) is 5.69 Å². The van der Waals surface area contributed by atoms with Gasteiger partial charge in [0.1, 0.15) is 5.82 Å². The van der Waals surface area contributed by atoms with Crippen LogP contribution < -0.4 is 15.8 Å². The molecule has 24 heavy (non-hydrogen) atoms. The molecule has 0 saturated carbocycles. The fourth-order valence-electron chi connectivity index (χ4n) is 2.02. The van der Waals surface area contributed by atoms with Crippen LogP contribution in [0, 0.1) is 0 Å². The molecule has 10 heteroatoms. The van der Waals surface area contributed by atoms with Gasteiger partial charge in [-0.3, -0.25) is 4.79 Å². The number of benzene rings is 1. The SMILES string of the molecule is CCNCc1nc(C(=O)NCC)nn1-c1ccc(S(N)(=O)=O)cc1. The molecule has 1 heterocycles. The largest absolute Gasteiger partial charge is 0.350 e. The lowest BCUT2D eigenvalue weighted by atomic mass is 10.3. The van der Waals surface area contributed by atoms with Crippen molar-refractivity contribution < 1.29 is 13.2 Å². The standard InChI is InChI=1S/C14H20N6O3S/c1-3-16-9-12-18-13(14(21)17-4-2)19-20(12)10-5-7-11(8-6-10)24(15,22)23/h5-8,16H,3-4,9H2,1-2H3,(H,17,21)(H2,15,22,23). The summed E-state index contributed by atoms with van der Waals surface area (Å²) in [6.45, 7) is 5.37. The molecule has 0 saturated heterocycles. The van der Waals surface area contributed by atoms with Crippen molar-refractivity contribution in [1.82, 2.24) is 25.4 Å². The third-order valence-corrected chi connectivity index (χ3v) is 4.09. The molecule has 9 nitrogen and oxygen atoms in total. The minimum absolute atomic E-state index is 0.00329. The highest BCUT2D eigenvalue weighted by Crippen LogP contribution is 2.14. The first-order valence-electron chi connectivity index (χ1n) is 7.45. The summed E-state index contributed by atoms with van der Waals surface area (Å²) < 4.78 is 24.2. The molecule has 0 spiro atoms. The number of nitrogens with one attached hydrogen (secondary N) is 2. The molecule has 0 fully saturated rings. The van der Waals surface area contributed by atoms with Crippen LogP contribution in [-0.4, -0.2) is 42.2 Å². The van der Waals surface area contributed by atoms with E-state index in [1.54, 1.807) is 19.1 Å². The van der Waals surface area contributed by atoms with Crippen LogP contribution in [0.15, 0.2) is 29.2 Å². The summed E-state index contributed by atoms with van der Waals surface area (Å²) in [6.07, 6.45) is 0. The molecule has 0 radical (unpaired) electrons. The van der Waals surface area contributed by atoms with Crippen molar-refractivity contribution in [2.75, 3.05) is 13.1 Å². The summed E-state index contributed by atoms with van der Waals surface area (Å²) in [5.74, 6) is 0.233. The van der Waals surface area contributed by atoms with E-state index in [-0.39, 0.29) is 16.6 Å². The van der Waals surface area contributed by atoms with E-state index in [1.165, 1.54) is 16.8 Å². The molecule has 1 amide bonds. The Balaban J connectivity index is 2.41. The Labute approximate surface area is 140 Å². The van der Waals surface area contributed by atoms with Crippen LogP contribution in [-0.2, 0) is 16.6 Å². The maximum atomic E-state index is 11.9. The van der Waals surface area contributed by atoms with Gasteiger partial charge in [0.25, 0.3) is 5.91 Å². The Morgan fingerprint density at radius 3 is 2.42 bits per heavy atom. The Bertz CT molecular complexity index is 814. The number of carbonyl (C=O) groups excluding carboxylic acids is 1. The number of amides is 1. The monoisotopic (exact) mass is 352 g/mol. The van der Waals surface area contributed by atoms with Gasteiger partial charge >= 0.3 is 0 Å². The Morgan fingerprint density at radius 1 is 1.21 bits per heavy atom. The second-order valence-corrected chi connectivity index (χ2v) is 6.50. The molecule has 2 rings (SSSR count). The lowest BCUT2D eigenvalue weighted by molar-refractivity contribution is 0.0945. The highest BCUT2D eigenvalue weighted by molar-refractivity contribution is 7.89. The zero-order chi connectivity index (χ0) is 17.7. The molecule has 1 aromatic carbocycles. The third kappa shape index (κ3) is 4.16. The highest BCUT2D eigenvalue weighted by Gasteiger charge is 2.17. The first-order chi connectivity index (χ1) is 11.4. The molecular weight excluding hydrogens is 332 g/mol. The summed E-state index contributed by atoms with van der Waals surface area (Å²) in [4.78, 5) is 16.2. The molecule has 130 valence electrons. The number of carbonyl (C=O) groups is 1. The third-order valence-electron chi connectivity index (χ3n) is 3.16. The summed E-state index contributed by atoms with van der Waals surface area (Å²) in [5.41, 5.74) is 0.582. The first kappa shape index (κ1) is 18.0. The van der Waals surface area contributed by atoms with Crippen molar-refractivity contribution >= 4 is 15.9 Å². The molecule has 2 aromatic rings. The minimum Gasteiger partial charge on any atom is -0.350 e. The average Bonchev–Trinajstić information content (AvgIpc) is 2.96. The van der Waals surface area contributed by atoms with Crippen molar-refractivity contribution in [2.24, 2.45) is 5.14 Å². The number of sulfonamides is 1. The highest BCUT2D eigenvalue weighted by atomic mass is 32.2. The normalized spacial score (nSPS) is 11.5. The summed E-state index contributed by atoms with van der Waals surface area (Å²) >= 11 is 0. The number of primary sulfonamides is 1. The number of aromatic nitrogens is 3. The van der Waals surface area contributed by atoms with E-state index in [9.17, 15) is 13.2 Å². The molecule has 0 aliphatic heterocycles.